The number of carbonyl (C=O) groups is 1. The lowest BCUT2D eigenvalue weighted by Crippen LogP contribution is -2.03. The molecule has 0 atom stereocenters. The average Bonchev–Trinajstić information content (AvgIpc) is 2.39. The van der Waals surface area contributed by atoms with Gasteiger partial charge in [0, 0.05) is 24.1 Å². The summed E-state index contributed by atoms with van der Waals surface area (Å²) in [6, 6.07) is 11.2. The van der Waals surface area contributed by atoms with Gasteiger partial charge in [0.15, 0.2) is 5.78 Å². The molecule has 19 heavy (non-hydrogen) atoms. The molecule has 2 aromatic rings. The van der Waals surface area contributed by atoms with Crippen molar-refractivity contribution in [2.24, 2.45) is 0 Å². The molecule has 2 rings (SSSR count). The Hall–Kier alpha value is -2.56. The molecule has 0 saturated carbocycles. The van der Waals surface area contributed by atoms with Gasteiger partial charge in [0.25, 0.3) is 5.69 Å². The second kappa shape index (κ2) is 5.39. The highest BCUT2D eigenvalue weighted by Crippen LogP contribution is 2.14. The van der Waals surface area contributed by atoms with Gasteiger partial charge in [-0.1, -0.05) is 24.3 Å². The molecule has 0 aliphatic heterocycles. The molecule has 2 aromatic carbocycles. The lowest BCUT2D eigenvalue weighted by molar-refractivity contribution is -0.384. The summed E-state index contributed by atoms with van der Waals surface area (Å²) in [5.41, 5.74) is 0.917. The van der Waals surface area contributed by atoms with E-state index >= 15 is 0 Å². The Bertz CT molecular complexity index is 623. The fourth-order valence-corrected chi connectivity index (χ4v) is 1.68. The maximum atomic E-state index is 13.0. The van der Waals surface area contributed by atoms with Crippen molar-refractivity contribution in [1.29, 1.82) is 0 Å². The maximum Gasteiger partial charge on any atom is 0.269 e. The number of non-ortho nitro benzene ring substituents is 1. The van der Waals surface area contributed by atoms with E-state index in [9.17, 15) is 19.3 Å². The number of ketones is 1. The van der Waals surface area contributed by atoms with Crippen LogP contribution in [0.2, 0.25) is 0 Å². The molecule has 0 heterocycles. The number of hydrogen-bond donors (Lipinski definition) is 0. The molecule has 0 N–H and O–H groups in total. The van der Waals surface area contributed by atoms with Crippen LogP contribution in [-0.2, 0) is 6.42 Å². The fourth-order valence-electron chi connectivity index (χ4n) is 1.68. The van der Waals surface area contributed by atoms with Gasteiger partial charge < -0.3 is 0 Å². The smallest absolute Gasteiger partial charge is 0.269 e. The minimum atomic E-state index is -0.502. The van der Waals surface area contributed by atoms with Crippen molar-refractivity contribution in [1.82, 2.24) is 0 Å². The summed E-state index contributed by atoms with van der Waals surface area (Å²) in [5.74, 6) is -0.692. The monoisotopic (exact) mass is 259 g/mol. The third-order valence-corrected chi connectivity index (χ3v) is 2.66. The molecule has 0 aromatic heterocycles. The lowest BCUT2D eigenvalue weighted by Gasteiger charge is -2.01. The van der Waals surface area contributed by atoms with E-state index in [2.05, 4.69) is 0 Å². The first kappa shape index (κ1) is 12.9. The second-order valence-electron chi connectivity index (χ2n) is 4.03. The van der Waals surface area contributed by atoms with Crippen molar-refractivity contribution < 1.29 is 14.1 Å². The number of benzene rings is 2. The van der Waals surface area contributed by atoms with Crippen LogP contribution in [0.5, 0.6) is 0 Å². The van der Waals surface area contributed by atoms with Crippen molar-refractivity contribution in [2.45, 2.75) is 6.42 Å². The zero-order valence-electron chi connectivity index (χ0n) is 9.88. The first-order valence-electron chi connectivity index (χ1n) is 5.58. The molecule has 5 heteroatoms. The van der Waals surface area contributed by atoms with Gasteiger partial charge in [0.1, 0.15) is 5.82 Å². The third-order valence-electron chi connectivity index (χ3n) is 2.66. The van der Waals surface area contributed by atoms with Crippen LogP contribution in [0.25, 0.3) is 0 Å². The molecule has 0 aliphatic carbocycles. The predicted octanol–water partition coefficient (Wildman–Crippen LogP) is 3.16. The number of halogens is 1. The normalized spacial score (nSPS) is 10.2. The Balaban J connectivity index is 2.13. The van der Waals surface area contributed by atoms with Crippen LogP contribution < -0.4 is 0 Å². The van der Waals surface area contributed by atoms with E-state index in [1.54, 1.807) is 0 Å². The van der Waals surface area contributed by atoms with Crippen molar-refractivity contribution >= 4 is 11.5 Å². The molecular formula is C14H10FNO3. The van der Waals surface area contributed by atoms with Gasteiger partial charge in [-0.3, -0.25) is 14.9 Å². The highest BCUT2D eigenvalue weighted by molar-refractivity contribution is 5.97. The molecule has 0 bridgehead atoms. The van der Waals surface area contributed by atoms with Crippen molar-refractivity contribution in [3.05, 3.63) is 75.6 Å². The quantitative estimate of drug-likeness (QED) is 0.481. The molecule has 0 unspecified atom stereocenters. The number of hydrogen-bond acceptors (Lipinski definition) is 3. The minimum Gasteiger partial charge on any atom is -0.294 e. The molecule has 0 saturated heterocycles. The standard InChI is InChI=1S/C14H10FNO3/c15-12-3-1-2-11(9-12)14(17)8-10-4-6-13(7-5-10)16(18)19/h1-7,9H,8H2. The predicted molar refractivity (Wildman–Crippen MR) is 67.5 cm³/mol. The molecule has 0 aliphatic rings. The SMILES string of the molecule is O=C(Cc1ccc([N+](=O)[O-])cc1)c1cccc(F)c1. The second-order valence-corrected chi connectivity index (χ2v) is 4.03. The first-order chi connectivity index (χ1) is 9.06. The highest BCUT2D eigenvalue weighted by Gasteiger charge is 2.09. The summed E-state index contributed by atoms with van der Waals surface area (Å²) in [7, 11) is 0. The van der Waals surface area contributed by atoms with Crippen LogP contribution in [0.15, 0.2) is 48.5 Å². The zero-order valence-corrected chi connectivity index (χ0v) is 9.88. The average molecular weight is 259 g/mol. The number of carbonyl (C=O) groups excluding carboxylic acids is 1. The van der Waals surface area contributed by atoms with Gasteiger partial charge in [-0.15, -0.1) is 0 Å². The number of nitro benzene ring substituents is 1. The maximum absolute atomic E-state index is 13.0. The van der Waals surface area contributed by atoms with Crippen molar-refractivity contribution in [3.63, 3.8) is 0 Å². The van der Waals surface area contributed by atoms with Gasteiger partial charge in [-0.2, -0.15) is 0 Å². The summed E-state index contributed by atoms with van der Waals surface area (Å²) < 4.78 is 13.0. The Kier molecular flexibility index (Phi) is 3.66. The zero-order chi connectivity index (χ0) is 13.8. The van der Waals surface area contributed by atoms with Gasteiger partial charge in [0.05, 0.1) is 4.92 Å². The number of nitro groups is 1. The van der Waals surface area contributed by atoms with Crippen molar-refractivity contribution in [3.8, 4) is 0 Å². The van der Waals surface area contributed by atoms with Crippen LogP contribution in [-0.4, -0.2) is 10.7 Å². The van der Waals surface area contributed by atoms with E-state index in [1.165, 1.54) is 48.5 Å². The molecule has 96 valence electrons. The van der Waals surface area contributed by atoms with E-state index < -0.39 is 10.7 Å². The molecule has 0 amide bonds. The van der Waals surface area contributed by atoms with Gasteiger partial charge in [0.2, 0.25) is 0 Å². The lowest BCUT2D eigenvalue weighted by atomic mass is 10.0. The van der Waals surface area contributed by atoms with E-state index in [0.29, 0.717) is 11.1 Å². The molecule has 4 nitrogen and oxygen atoms in total. The fraction of sp³-hybridized carbons (Fsp3) is 0.0714. The van der Waals surface area contributed by atoms with Crippen LogP contribution in [0.1, 0.15) is 15.9 Å². The largest absolute Gasteiger partial charge is 0.294 e. The van der Waals surface area contributed by atoms with E-state index in [4.69, 9.17) is 0 Å². The Morgan fingerprint density at radius 3 is 2.42 bits per heavy atom. The summed E-state index contributed by atoms with van der Waals surface area (Å²) in [6.45, 7) is 0. The van der Waals surface area contributed by atoms with Crippen LogP contribution >= 0.6 is 0 Å². The molecular weight excluding hydrogens is 249 g/mol. The summed E-state index contributed by atoms with van der Waals surface area (Å²) in [6.07, 6.45) is 0.0848. The van der Waals surface area contributed by atoms with E-state index in [0.717, 1.165) is 0 Å². The molecule has 0 fully saturated rings. The Morgan fingerprint density at radius 1 is 1.16 bits per heavy atom. The van der Waals surface area contributed by atoms with E-state index in [1.807, 2.05) is 0 Å². The number of nitrogens with zero attached hydrogens (tertiary/aromatic N) is 1. The first-order valence-corrected chi connectivity index (χ1v) is 5.58. The minimum absolute atomic E-state index is 0.0260. The van der Waals surface area contributed by atoms with Gasteiger partial charge in [-0.05, 0) is 17.7 Å². The Morgan fingerprint density at radius 2 is 1.84 bits per heavy atom. The van der Waals surface area contributed by atoms with Gasteiger partial charge >= 0.3 is 0 Å². The van der Waals surface area contributed by atoms with Crippen LogP contribution in [0, 0.1) is 15.9 Å². The highest BCUT2D eigenvalue weighted by atomic mass is 19.1. The topological polar surface area (TPSA) is 60.2 Å². The van der Waals surface area contributed by atoms with Crippen molar-refractivity contribution in [2.75, 3.05) is 0 Å². The van der Waals surface area contributed by atoms with Crippen LogP contribution in [0.4, 0.5) is 10.1 Å². The Labute approximate surface area is 108 Å². The van der Waals surface area contributed by atoms with Crippen LogP contribution in [0.3, 0.4) is 0 Å². The molecule has 0 spiro atoms. The third kappa shape index (κ3) is 3.22. The summed E-state index contributed by atoms with van der Waals surface area (Å²) in [4.78, 5) is 21.9. The van der Waals surface area contributed by atoms with E-state index in [-0.39, 0.29) is 17.9 Å². The summed E-state index contributed by atoms with van der Waals surface area (Å²) >= 11 is 0. The number of rotatable bonds is 4. The number of Topliss-reactive ketones (excluding diaryl/α,β-unsaturated/α-hetero) is 1. The molecule has 0 radical (unpaired) electrons. The summed E-state index contributed by atoms with van der Waals surface area (Å²) in [5, 5.41) is 10.5. The van der Waals surface area contributed by atoms with Gasteiger partial charge in [-0.25, -0.2) is 4.39 Å².